The molecular weight excluding hydrogens is 188 g/mol. The molecule has 1 fully saturated rings. The molecule has 0 unspecified atom stereocenters. The minimum absolute atomic E-state index is 0.269. The minimum atomic E-state index is -0.564. The molecule has 0 amide bonds. The highest BCUT2D eigenvalue weighted by Crippen LogP contribution is 2.32. The third kappa shape index (κ3) is 2.21. The van der Waals surface area contributed by atoms with E-state index in [9.17, 15) is 0 Å². The van der Waals surface area contributed by atoms with E-state index in [0.717, 1.165) is 18.6 Å². The second-order valence-corrected chi connectivity index (χ2v) is 4.38. The fourth-order valence-corrected chi connectivity index (χ4v) is 1.90. The lowest BCUT2D eigenvalue weighted by molar-refractivity contribution is -0.288. The van der Waals surface area contributed by atoms with Gasteiger partial charge in [0, 0.05) is 5.56 Å². The first-order valence-corrected chi connectivity index (χ1v) is 5.49. The van der Waals surface area contributed by atoms with Crippen molar-refractivity contribution in [2.24, 2.45) is 0 Å². The molecule has 2 rings (SSSR count). The fraction of sp³-hybridized carbons (Fsp3) is 0.538. The maximum Gasteiger partial charge on any atom is 0.192 e. The molecule has 1 aliphatic heterocycles. The van der Waals surface area contributed by atoms with E-state index in [0.29, 0.717) is 0 Å². The largest absolute Gasteiger partial charge is 0.346 e. The fourth-order valence-electron chi connectivity index (χ4n) is 1.90. The smallest absolute Gasteiger partial charge is 0.192 e. The first-order chi connectivity index (χ1) is 7.10. The summed E-state index contributed by atoms with van der Waals surface area (Å²) in [6.07, 6.45) is 1.24. The van der Waals surface area contributed by atoms with Crippen LogP contribution in [0.5, 0.6) is 0 Å². The molecule has 1 saturated heterocycles. The summed E-state index contributed by atoms with van der Waals surface area (Å²) in [7, 11) is 0. The van der Waals surface area contributed by atoms with Gasteiger partial charge in [0.25, 0.3) is 0 Å². The molecule has 0 spiro atoms. The lowest BCUT2D eigenvalue weighted by Crippen LogP contribution is -2.38. The average Bonchev–Trinajstić information content (AvgIpc) is 2.18. The van der Waals surface area contributed by atoms with E-state index < -0.39 is 5.79 Å². The molecule has 2 atom stereocenters. The summed E-state index contributed by atoms with van der Waals surface area (Å²) in [5.41, 5.74) is 2.35. The van der Waals surface area contributed by atoms with Crippen molar-refractivity contribution < 1.29 is 9.47 Å². The predicted molar refractivity (Wildman–Crippen MR) is 59.6 cm³/mol. The molecular formula is C13H18O2. The molecule has 0 aliphatic carbocycles. The highest BCUT2D eigenvalue weighted by atomic mass is 16.7. The van der Waals surface area contributed by atoms with Crippen molar-refractivity contribution in [3.05, 3.63) is 35.4 Å². The van der Waals surface area contributed by atoms with E-state index in [1.54, 1.807) is 0 Å². The Kier molecular flexibility index (Phi) is 2.81. The number of rotatable bonds is 1. The van der Waals surface area contributed by atoms with Crippen molar-refractivity contribution in [2.75, 3.05) is 6.61 Å². The molecule has 1 aromatic rings. The Morgan fingerprint density at radius 1 is 1.27 bits per heavy atom. The second-order valence-electron chi connectivity index (χ2n) is 4.38. The van der Waals surface area contributed by atoms with Gasteiger partial charge in [0.15, 0.2) is 5.79 Å². The second kappa shape index (κ2) is 3.95. The van der Waals surface area contributed by atoms with Crippen molar-refractivity contribution in [1.29, 1.82) is 0 Å². The number of ether oxygens (including phenoxy) is 2. The molecule has 0 radical (unpaired) electrons. The van der Waals surface area contributed by atoms with Gasteiger partial charge in [0.2, 0.25) is 0 Å². The first-order valence-electron chi connectivity index (χ1n) is 5.49. The number of aryl methyl sites for hydroxylation is 1. The van der Waals surface area contributed by atoms with Gasteiger partial charge in [-0.25, -0.2) is 0 Å². The van der Waals surface area contributed by atoms with Crippen LogP contribution in [-0.4, -0.2) is 12.7 Å². The van der Waals surface area contributed by atoms with Crippen LogP contribution in [-0.2, 0) is 15.3 Å². The predicted octanol–water partition coefficient (Wildman–Crippen LogP) is 2.99. The van der Waals surface area contributed by atoms with Gasteiger partial charge in [-0.05, 0) is 27.2 Å². The quantitative estimate of drug-likeness (QED) is 0.703. The molecule has 15 heavy (non-hydrogen) atoms. The van der Waals surface area contributed by atoms with Crippen molar-refractivity contribution in [2.45, 2.75) is 39.1 Å². The topological polar surface area (TPSA) is 18.5 Å². The van der Waals surface area contributed by atoms with Crippen LogP contribution in [0.3, 0.4) is 0 Å². The zero-order valence-corrected chi connectivity index (χ0v) is 9.62. The van der Waals surface area contributed by atoms with E-state index in [2.05, 4.69) is 38.1 Å². The van der Waals surface area contributed by atoms with E-state index in [1.807, 2.05) is 6.92 Å². The Bertz CT molecular complexity index is 331. The summed E-state index contributed by atoms with van der Waals surface area (Å²) in [5, 5.41) is 0. The van der Waals surface area contributed by atoms with Gasteiger partial charge >= 0.3 is 0 Å². The summed E-state index contributed by atoms with van der Waals surface area (Å²) in [5.74, 6) is -0.564. The van der Waals surface area contributed by atoms with Crippen molar-refractivity contribution in [3.8, 4) is 0 Å². The maximum atomic E-state index is 5.88. The highest BCUT2D eigenvalue weighted by Gasteiger charge is 2.33. The normalized spacial score (nSPS) is 31.5. The van der Waals surface area contributed by atoms with Crippen LogP contribution in [0.1, 0.15) is 31.4 Å². The SMILES string of the molecule is Cc1ccc([C@]2(C)OCC[C@@H](C)O2)cc1. The summed E-state index contributed by atoms with van der Waals surface area (Å²) in [4.78, 5) is 0. The molecule has 82 valence electrons. The Balaban J connectivity index is 2.24. The van der Waals surface area contributed by atoms with Gasteiger partial charge in [0.05, 0.1) is 12.7 Å². The van der Waals surface area contributed by atoms with Crippen molar-refractivity contribution >= 4 is 0 Å². The van der Waals surface area contributed by atoms with Crippen LogP contribution in [0.25, 0.3) is 0 Å². The lowest BCUT2D eigenvalue weighted by atomic mass is 10.0. The van der Waals surface area contributed by atoms with Gasteiger partial charge in [-0.2, -0.15) is 0 Å². The summed E-state index contributed by atoms with van der Waals surface area (Å²) in [6.45, 7) is 6.94. The van der Waals surface area contributed by atoms with Crippen molar-refractivity contribution in [1.82, 2.24) is 0 Å². The van der Waals surface area contributed by atoms with E-state index in [1.165, 1.54) is 5.56 Å². The van der Waals surface area contributed by atoms with E-state index >= 15 is 0 Å². The lowest BCUT2D eigenvalue weighted by Gasteiger charge is -2.37. The van der Waals surface area contributed by atoms with Gasteiger partial charge in [-0.1, -0.05) is 29.8 Å². The minimum Gasteiger partial charge on any atom is -0.346 e. The molecule has 2 heteroatoms. The third-order valence-electron chi connectivity index (χ3n) is 2.90. The summed E-state index contributed by atoms with van der Waals surface area (Å²) >= 11 is 0. The van der Waals surface area contributed by atoms with Crippen LogP contribution >= 0.6 is 0 Å². The average molecular weight is 206 g/mol. The van der Waals surface area contributed by atoms with Crippen LogP contribution in [0.4, 0.5) is 0 Å². The molecule has 1 aliphatic rings. The van der Waals surface area contributed by atoms with E-state index in [4.69, 9.17) is 9.47 Å². The molecule has 0 N–H and O–H groups in total. The Morgan fingerprint density at radius 3 is 2.53 bits per heavy atom. The highest BCUT2D eigenvalue weighted by molar-refractivity contribution is 5.24. The Hall–Kier alpha value is -0.860. The Labute approximate surface area is 91.2 Å². The molecule has 1 aromatic carbocycles. The molecule has 0 saturated carbocycles. The zero-order valence-electron chi connectivity index (χ0n) is 9.62. The van der Waals surface area contributed by atoms with Crippen molar-refractivity contribution in [3.63, 3.8) is 0 Å². The summed E-state index contributed by atoms with van der Waals surface area (Å²) in [6, 6.07) is 8.33. The molecule has 0 aromatic heterocycles. The van der Waals surface area contributed by atoms with E-state index in [-0.39, 0.29) is 6.10 Å². The third-order valence-corrected chi connectivity index (χ3v) is 2.90. The van der Waals surface area contributed by atoms with Crippen LogP contribution in [0, 0.1) is 6.92 Å². The first kappa shape index (κ1) is 10.7. The van der Waals surface area contributed by atoms with Gasteiger partial charge in [-0.15, -0.1) is 0 Å². The standard InChI is InChI=1S/C13H18O2/c1-10-4-6-12(7-5-10)13(3)14-9-8-11(2)15-13/h4-7,11H,8-9H2,1-3H3/t11-,13-/m1/s1. The zero-order chi connectivity index (χ0) is 10.9. The number of hydrogen-bond donors (Lipinski definition) is 0. The Morgan fingerprint density at radius 2 is 1.93 bits per heavy atom. The monoisotopic (exact) mass is 206 g/mol. The molecule has 0 bridgehead atoms. The van der Waals surface area contributed by atoms with Crippen LogP contribution in [0.2, 0.25) is 0 Å². The number of hydrogen-bond acceptors (Lipinski definition) is 2. The molecule has 1 heterocycles. The maximum absolute atomic E-state index is 5.88. The van der Waals surface area contributed by atoms with Gasteiger partial charge in [-0.3, -0.25) is 0 Å². The summed E-state index contributed by atoms with van der Waals surface area (Å²) < 4.78 is 11.6. The molecule has 2 nitrogen and oxygen atoms in total. The van der Waals surface area contributed by atoms with Gasteiger partial charge in [0.1, 0.15) is 0 Å². The number of benzene rings is 1. The van der Waals surface area contributed by atoms with Crippen LogP contribution < -0.4 is 0 Å². The van der Waals surface area contributed by atoms with Gasteiger partial charge < -0.3 is 9.47 Å². The van der Waals surface area contributed by atoms with Crippen LogP contribution in [0.15, 0.2) is 24.3 Å².